The number of ketones is 1. The number of hydrogen-bond donors (Lipinski definition) is 2. The Hall–Kier alpha value is -0.880. The molecule has 4 nitrogen and oxygen atoms in total. The van der Waals surface area contributed by atoms with Gasteiger partial charge in [-0.1, -0.05) is 47.5 Å². The molecule has 0 aliphatic heterocycles. The van der Waals surface area contributed by atoms with E-state index in [-0.39, 0.29) is 5.78 Å². The Balaban J connectivity index is 2.77. The van der Waals surface area contributed by atoms with E-state index in [4.69, 9.17) is 34.8 Å². The zero-order valence-electron chi connectivity index (χ0n) is 12.1. The number of carbonyl (C=O) groups is 2. The second kappa shape index (κ2) is 10.1. The maximum atomic E-state index is 13.0. The van der Waals surface area contributed by atoms with Gasteiger partial charge in [0.2, 0.25) is 0 Å². The first kappa shape index (κ1) is 20.2. The van der Waals surface area contributed by atoms with Crippen molar-refractivity contribution in [2.45, 2.75) is 29.8 Å². The molecule has 0 saturated carbocycles. The van der Waals surface area contributed by atoms with E-state index in [1.807, 2.05) is 0 Å². The van der Waals surface area contributed by atoms with Crippen LogP contribution in [0.25, 0.3) is 0 Å². The van der Waals surface area contributed by atoms with Crippen molar-refractivity contribution in [2.24, 2.45) is 0 Å². The quantitative estimate of drug-likeness (QED) is 0.507. The van der Waals surface area contributed by atoms with Crippen LogP contribution < -0.4 is 5.32 Å². The number of Topliss-reactive ketones (excluding diaryl/α,β-unsaturated/α-hetero) is 1. The third-order valence-electron chi connectivity index (χ3n) is 3.18. The molecule has 0 aromatic heterocycles. The molecule has 1 aromatic carbocycles. The van der Waals surface area contributed by atoms with Gasteiger partial charge >= 0.3 is 0 Å². The lowest BCUT2D eigenvalue weighted by atomic mass is 9.99. The van der Waals surface area contributed by atoms with Crippen LogP contribution in [0, 0.1) is 0 Å². The lowest BCUT2D eigenvalue weighted by Gasteiger charge is -2.22. The van der Waals surface area contributed by atoms with Crippen molar-refractivity contribution in [1.29, 1.82) is 0 Å². The highest BCUT2D eigenvalue weighted by molar-refractivity contribution is 6.53. The van der Waals surface area contributed by atoms with Crippen LogP contribution in [-0.2, 0) is 4.79 Å². The minimum atomic E-state index is -1.35. The molecule has 8 heteroatoms. The number of nitrogens with one attached hydrogen (secondary N) is 1. The van der Waals surface area contributed by atoms with Crippen molar-refractivity contribution in [2.75, 3.05) is 12.6 Å². The van der Waals surface area contributed by atoms with E-state index in [1.165, 1.54) is 24.3 Å². The van der Waals surface area contributed by atoms with Crippen molar-refractivity contribution in [3.05, 3.63) is 35.4 Å². The van der Waals surface area contributed by atoms with E-state index in [2.05, 4.69) is 5.32 Å². The molecule has 2 N–H and O–H groups in total. The third kappa shape index (κ3) is 6.26. The molecule has 0 aliphatic carbocycles. The monoisotopic (exact) mass is 383 g/mol. The van der Waals surface area contributed by atoms with Gasteiger partial charge in [0.05, 0.1) is 6.04 Å². The number of halogens is 4. The van der Waals surface area contributed by atoms with E-state index >= 15 is 0 Å². The Morgan fingerprint density at radius 3 is 2.30 bits per heavy atom. The lowest BCUT2D eigenvalue weighted by molar-refractivity contribution is -0.121. The molecular formula is C15H17Cl3FNO3. The molecule has 0 aliphatic rings. The summed E-state index contributed by atoms with van der Waals surface area (Å²) in [6.45, 7) is -0.996. The number of benzene rings is 1. The molecule has 0 spiro atoms. The highest BCUT2D eigenvalue weighted by Gasteiger charge is 2.25. The van der Waals surface area contributed by atoms with Crippen molar-refractivity contribution >= 4 is 46.5 Å². The number of rotatable bonds is 9. The minimum Gasteiger partial charge on any atom is -0.386 e. The van der Waals surface area contributed by atoms with Crippen molar-refractivity contribution in [3.8, 4) is 0 Å². The SMILES string of the molecule is O=C(CCCCl)c1ccc([C@@H](O)[C@@H](CF)NC(=O)C(Cl)Cl)cc1. The lowest BCUT2D eigenvalue weighted by Crippen LogP contribution is -2.43. The second-order valence-corrected chi connectivity index (χ2v) is 6.33. The summed E-state index contributed by atoms with van der Waals surface area (Å²) in [5.41, 5.74) is 0.844. The van der Waals surface area contributed by atoms with Gasteiger partial charge < -0.3 is 10.4 Å². The van der Waals surface area contributed by atoms with Gasteiger partial charge in [-0.05, 0) is 12.0 Å². The largest absolute Gasteiger partial charge is 0.386 e. The summed E-state index contributed by atoms with van der Waals surface area (Å²) in [7, 11) is 0. The van der Waals surface area contributed by atoms with Crippen LogP contribution in [0.5, 0.6) is 0 Å². The minimum absolute atomic E-state index is 0.0610. The van der Waals surface area contributed by atoms with E-state index in [0.29, 0.717) is 29.8 Å². The Kier molecular flexibility index (Phi) is 8.84. The smallest absolute Gasteiger partial charge is 0.253 e. The predicted octanol–water partition coefficient (Wildman–Crippen LogP) is 3.18. The molecule has 1 aromatic rings. The third-order valence-corrected chi connectivity index (χ3v) is 3.85. The molecular weight excluding hydrogens is 368 g/mol. The van der Waals surface area contributed by atoms with E-state index < -0.39 is 29.6 Å². The summed E-state index contributed by atoms with van der Waals surface area (Å²) in [5.74, 6) is -0.445. The first-order chi connectivity index (χ1) is 10.9. The summed E-state index contributed by atoms with van der Waals surface area (Å²) < 4.78 is 13.0. The molecule has 2 atom stereocenters. The Labute approximate surface area is 148 Å². The van der Waals surface area contributed by atoms with Gasteiger partial charge in [-0.3, -0.25) is 9.59 Å². The average Bonchev–Trinajstić information content (AvgIpc) is 2.56. The summed E-state index contributed by atoms with van der Waals surface area (Å²) in [6, 6.07) is 4.91. The fourth-order valence-electron chi connectivity index (χ4n) is 1.92. The number of aliphatic hydroxyl groups excluding tert-OH is 1. The van der Waals surface area contributed by atoms with Crippen LogP contribution in [0.2, 0.25) is 0 Å². The fourth-order valence-corrected chi connectivity index (χ4v) is 2.18. The highest BCUT2D eigenvalue weighted by atomic mass is 35.5. The van der Waals surface area contributed by atoms with Crippen LogP contribution >= 0.6 is 34.8 Å². The van der Waals surface area contributed by atoms with Crippen molar-refractivity contribution in [3.63, 3.8) is 0 Å². The van der Waals surface area contributed by atoms with E-state index in [0.717, 1.165) is 0 Å². The van der Waals surface area contributed by atoms with Gasteiger partial charge in [0, 0.05) is 17.9 Å². The number of carbonyl (C=O) groups excluding carboxylic acids is 2. The van der Waals surface area contributed by atoms with Crippen molar-refractivity contribution in [1.82, 2.24) is 5.32 Å². The van der Waals surface area contributed by atoms with Gasteiger partial charge in [-0.2, -0.15) is 0 Å². The highest BCUT2D eigenvalue weighted by Crippen LogP contribution is 2.19. The first-order valence-corrected chi connectivity index (χ1v) is 8.33. The van der Waals surface area contributed by atoms with Crippen LogP contribution in [0.4, 0.5) is 4.39 Å². The molecule has 0 heterocycles. The second-order valence-electron chi connectivity index (χ2n) is 4.85. The molecule has 1 amide bonds. The average molecular weight is 385 g/mol. The first-order valence-electron chi connectivity index (χ1n) is 6.92. The molecule has 0 unspecified atom stereocenters. The summed E-state index contributed by atoms with van der Waals surface area (Å²) >= 11 is 16.3. The molecule has 23 heavy (non-hydrogen) atoms. The maximum absolute atomic E-state index is 13.0. The van der Waals surface area contributed by atoms with Gasteiger partial charge in [0.1, 0.15) is 12.8 Å². The van der Waals surface area contributed by atoms with Gasteiger partial charge in [-0.15, -0.1) is 11.6 Å². The predicted molar refractivity (Wildman–Crippen MR) is 89.1 cm³/mol. The molecule has 128 valence electrons. The van der Waals surface area contributed by atoms with E-state index in [9.17, 15) is 19.1 Å². The normalized spacial score (nSPS) is 13.7. The fraction of sp³-hybridized carbons (Fsp3) is 0.467. The zero-order chi connectivity index (χ0) is 17.4. The molecule has 1 rings (SSSR count). The summed E-state index contributed by atoms with van der Waals surface area (Å²) in [4.78, 5) is 21.9. The zero-order valence-corrected chi connectivity index (χ0v) is 14.4. The van der Waals surface area contributed by atoms with Crippen LogP contribution in [0.15, 0.2) is 24.3 Å². The van der Waals surface area contributed by atoms with Gasteiger partial charge in [0.15, 0.2) is 10.6 Å². The number of hydrogen-bond acceptors (Lipinski definition) is 3. The van der Waals surface area contributed by atoms with Gasteiger partial charge in [0.25, 0.3) is 5.91 Å². The van der Waals surface area contributed by atoms with Crippen molar-refractivity contribution < 1.29 is 19.1 Å². The summed E-state index contributed by atoms with van der Waals surface area (Å²) in [5, 5.41) is 12.4. The molecule has 0 radical (unpaired) electrons. The Bertz CT molecular complexity index is 525. The molecule has 0 bridgehead atoms. The van der Waals surface area contributed by atoms with Crippen LogP contribution in [0.3, 0.4) is 0 Å². The van der Waals surface area contributed by atoms with Crippen LogP contribution in [0.1, 0.15) is 34.9 Å². The topological polar surface area (TPSA) is 66.4 Å². The Morgan fingerprint density at radius 2 is 1.83 bits per heavy atom. The number of alkyl halides is 4. The molecule has 0 saturated heterocycles. The number of aliphatic hydroxyl groups is 1. The van der Waals surface area contributed by atoms with Crippen LogP contribution in [-0.4, -0.2) is 40.2 Å². The maximum Gasteiger partial charge on any atom is 0.253 e. The Morgan fingerprint density at radius 1 is 1.22 bits per heavy atom. The number of amides is 1. The molecule has 0 fully saturated rings. The summed E-state index contributed by atoms with van der Waals surface area (Å²) in [6.07, 6.45) is -0.372. The van der Waals surface area contributed by atoms with Gasteiger partial charge in [-0.25, -0.2) is 4.39 Å². The van der Waals surface area contributed by atoms with E-state index in [1.54, 1.807) is 0 Å². The standard InChI is InChI=1S/C15H17Cl3FNO3/c16-7-1-2-12(21)9-3-5-10(6-4-9)13(22)11(8-19)20-15(23)14(17)18/h3-6,11,13-14,22H,1-2,7-8H2,(H,20,23)/t11-,13-/m1/s1.